The Balaban J connectivity index is 1.46. The monoisotopic (exact) mass is 376 g/mol. The largest absolute Gasteiger partial charge is 0.454 e. The smallest absolute Gasteiger partial charge is 0.275 e. The Bertz CT molecular complexity index is 1020. The lowest BCUT2D eigenvalue weighted by molar-refractivity contribution is 0.102. The average Bonchev–Trinajstić information content (AvgIpc) is 3.18. The fraction of sp³-hybridized carbons (Fsp3) is 0.190. The van der Waals surface area contributed by atoms with Crippen molar-refractivity contribution in [2.24, 2.45) is 0 Å². The molecule has 0 radical (unpaired) electrons. The quantitative estimate of drug-likeness (QED) is 0.698. The number of nitrogens with zero attached hydrogens (tertiary/aromatic N) is 2. The van der Waals surface area contributed by atoms with E-state index >= 15 is 0 Å². The van der Waals surface area contributed by atoms with Crippen LogP contribution in [0.5, 0.6) is 11.5 Å². The van der Waals surface area contributed by atoms with Crippen LogP contribution in [0.3, 0.4) is 0 Å². The molecule has 1 aliphatic heterocycles. The van der Waals surface area contributed by atoms with Gasteiger partial charge in [0.15, 0.2) is 11.5 Å². The summed E-state index contributed by atoms with van der Waals surface area (Å²) in [5, 5.41) is 6.09. The van der Waals surface area contributed by atoms with Crippen molar-refractivity contribution in [2.75, 3.05) is 17.4 Å². The molecule has 7 nitrogen and oxygen atoms in total. The van der Waals surface area contributed by atoms with Crippen LogP contribution in [0.15, 0.2) is 48.8 Å². The van der Waals surface area contributed by atoms with Crippen LogP contribution < -0.4 is 20.1 Å². The number of aromatic nitrogens is 2. The van der Waals surface area contributed by atoms with Gasteiger partial charge < -0.3 is 20.1 Å². The molecule has 3 aromatic rings. The molecule has 0 atom stereocenters. The molecule has 7 heteroatoms. The van der Waals surface area contributed by atoms with Crippen LogP contribution in [0.25, 0.3) is 0 Å². The number of ether oxygens (including phenoxy) is 2. The van der Waals surface area contributed by atoms with E-state index in [2.05, 4.69) is 33.6 Å². The lowest BCUT2D eigenvalue weighted by Crippen LogP contribution is -2.14. The van der Waals surface area contributed by atoms with E-state index < -0.39 is 0 Å². The standard InChI is InChI=1S/C21H20N4O3/c1-3-14-6-4-5-13(2)20(14)25-19-11-22-16(10-23-19)21(26)24-15-7-8-17-18(9-15)28-12-27-17/h4-11H,3,12H2,1-2H3,(H,23,25)(H,24,26). The number of anilines is 3. The van der Waals surface area contributed by atoms with Gasteiger partial charge in [-0.1, -0.05) is 25.1 Å². The number of carbonyl (C=O) groups is 1. The van der Waals surface area contributed by atoms with E-state index in [1.54, 1.807) is 24.4 Å². The highest BCUT2D eigenvalue weighted by Crippen LogP contribution is 2.34. The summed E-state index contributed by atoms with van der Waals surface area (Å²) in [4.78, 5) is 21.0. The zero-order valence-electron chi connectivity index (χ0n) is 15.7. The van der Waals surface area contributed by atoms with Crippen LogP contribution in [0.2, 0.25) is 0 Å². The molecule has 1 aliphatic rings. The summed E-state index contributed by atoms with van der Waals surface area (Å²) < 4.78 is 10.6. The molecule has 28 heavy (non-hydrogen) atoms. The molecular weight excluding hydrogens is 356 g/mol. The third-order valence-corrected chi connectivity index (χ3v) is 4.51. The van der Waals surface area contributed by atoms with Gasteiger partial charge in [0.1, 0.15) is 11.5 Å². The predicted octanol–water partition coefficient (Wildman–Crippen LogP) is 4.07. The molecule has 1 amide bonds. The average molecular weight is 376 g/mol. The van der Waals surface area contributed by atoms with Crippen molar-refractivity contribution < 1.29 is 14.3 Å². The summed E-state index contributed by atoms with van der Waals surface area (Å²) in [7, 11) is 0. The van der Waals surface area contributed by atoms with Crippen molar-refractivity contribution in [1.82, 2.24) is 9.97 Å². The number of fused-ring (bicyclic) bond motifs is 1. The van der Waals surface area contributed by atoms with Gasteiger partial charge in [0.2, 0.25) is 6.79 Å². The summed E-state index contributed by atoms with van der Waals surface area (Å²) in [5.74, 6) is 1.51. The van der Waals surface area contributed by atoms with Crippen molar-refractivity contribution in [1.29, 1.82) is 0 Å². The Kier molecular flexibility index (Phi) is 4.80. The lowest BCUT2D eigenvalue weighted by atomic mass is 10.1. The molecule has 0 saturated carbocycles. The van der Waals surface area contributed by atoms with Crippen LogP contribution in [0.1, 0.15) is 28.5 Å². The fourth-order valence-electron chi connectivity index (χ4n) is 3.01. The van der Waals surface area contributed by atoms with Gasteiger partial charge in [0, 0.05) is 17.4 Å². The number of nitrogens with one attached hydrogen (secondary N) is 2. The van der Waals surface area contributed by atoms with Crippen LogP contribution in [0.4, 0.5) is 17.2 Å². The molecule has 0 aliphatic carbocycles. The van der Waals surface area contributed by atoms with Crippen molar-refractivity contribution in [3.05, 3.63) is 65.6 Å². The highest BCUT2D eigenvalue weighted by Gasteiger charge is 2.15. The highest BCUT2D eigenvalue weighted by molar-refractivity contribution is 6.02. The maximum absolute atomic E-state index is 12.4. The summed E-state index contributed by atoms with van der Waals surface area (Å²) in [5.41, 5.74) is 4.18. The Morgan fingerprint density at radius 1 is 1.11 bits per heavy atom. The number of hydrogen-bond donors (Lipinski definition) is 2. The van der Waals surface area contributed by atoms with Crippen LogP contribution >= 0.6 is 0 Å². The molecule has 0 bridgehead atoms. The minimum absolute atomic E-state index is 0.188. The second kappa shape index (κ2) is 7.56. The van der Waals surface area contributed by atoms with E-state index in [1.807, 2.05) is 19.1 Å². The maximum Gasteiger partial charge on any atom is 0.275 e. The Hall–Kier alpha value is -3.61. The molecule has 2 aromatic carbocycles. The Morgan fingerprint density at radius 2 is 1.96 bits per heavy atom. The summed E-state index contributed by atoms with van der Waals surface area (Å²) in [6, 6.07) is 11.4. The van der Waals surface area contributed by atoms with E-state index in [0.717, 1.165) is 17.7 Å². The number of benzene rings is 2. The molecule has 2 heterocycles. The van der Waals surface area contributed by atoms with Gasteiger partial charge in [0.05, 0.1) is 12.4 Å². The maximum atomic E-state index is 12.4. The third-order valence-electron chi connectivity index (χ3n) is 4.51. The van der Waals surface area contributed by atoms with E-state index in [9.17, 15) is 4.79 Å². The number of aryl methyl sites for hydroxylation is 2. The number of amides is 1. The second-order valence-corrected chi connectivity index (χ2v) is 6.40. The topological polar surface area (TPSA) is 85.4 Å². The summed E-state index contributed by atoms with van der Waals surface area (Å²) in [6.07, 6.45) is 3.92. The number of rotatable bonds is 5. The molecular formula is C21H20N4O3. The first-order valence-electron chi connectivity index (χ1n) is 9.02. The first-order chi connectivity index (χ1) is 13.6. The first kappa shape index (κ1) is 17.8. The minimum atomic E-state index is -0.344. The van der Waals surface area contributed by atoms with Gasteiger partial charge in [-0.2, -0.15) is 0 Å². The Labute approximate surface area is 162 Å². The molecule has 4 rings (SSSR count). The number of hydrogen-bond acceptors (Lipinski definition) is 6. The van der Waals surface area contributed by atoms with Gasteiger partial charge in [-0.3, -0.25) is 4.79 Å². The van der Waals surface area contributed by atoms with Gasteiger partial charge in [-0.25, -0.2) is 9.97 Å². The van der Waals surface area contributed by atoms with Gasteiger partial charge in [-0.15, -0.1) is 0 Å². The zero-order chi connectivity index (χ0) is 19.5. The van der Waals surface area contributed by atoms with Crippen molar-refractivity contribution in [2.45, 2.75) is 20.3 Å². The highest BCUT2D eigenvalue weighted by atomic mass is 16.7. The third kappa shape index (κ3) is 3.59. The molecule has 142 valence electrons. The summed E-state index contributed by atoms with van der Waals surface area (Å²) in [6.45, 7) is 4.34. The van der Waals surface area contributed by atoms with Crippen LogP contribution in [-0.2, 0) is 6.42 Å². The SMILES string of the molecule is CCc1cccc(C)c1Nc1cnc(C(=O)Nc2ccc3c(c2)OCO3)cn1. The summed E-state index contributed by atoms with van der Waals surface area (Å²) >= 11 is 0. The van der Waals surface area contributed by atoms with Crippen molar-refractivity contribution >= 4 is 23.1 Å². The first-order valence-corrected chi connectivity index (χ1v) is 9.02. The molecule has 1 aromatic heterocycles. The predicted molar refractivity (Wildman–Crippen MR) is 106 cm³/mol. The molecule has 0 fully saturated rings. The molecule has 0 saturated heterocycles. The lowest BCUT2D eigenvalue weighted by Gasteiger charge is -2.13. The van der Waals surface area contributed by atoms with Crippen molar-refractivity contribution in [3.63, 3.8) is 0 Å². The number of para-hydroxylation sites is 1. The Morgan fingerprint density at radius 3 is 2.75 bits per heavy atom. The van der Waals surface area contributed by atoms with Crippen LogP contribution in [-0.4, -0.2) is 22.7 Å². The van der Waals surface area contributed by atoms with E-state index in [-0.39, 0.29) is 18.4 Å². The van der Waals surface area contributed by atoms with Crippen molar-refractivity contribution in [3.8, 4) is 11.5 Å². The van der Waals surface area contributed by atoms with Gasteiger partial charge in [0.25, 0.3) is 5.91 Å². The fourth-order valence-corrected chi connectivity index (χ4v) is 3.01. The molecule has 0 spiro atoms. The molecule has 0 unspecified atom stereocenters. The second-order valence-electron chi connectivity index (χ2n) is 6.40. The number of carbonyl (C=O) groups excluding carboxylic acids is 1. The van der Waals surface area contributed by atoms with Crippen LogP contribution in [0, 0.1) is 6.92 Å². The molecule has 2 N–H and O–H groups in total. The van der Waals surface area contributed by atoms with Gasteiger partial charge in [-0.05, 0) is 36.6 Å². The van der Waals surface area contributed by atoms with E-state index in [4.69, 9.17) is 9.47 Å². The van der Waals surface area contributed by atoms with E-state index in [0.29, 0.717) is 23.0 Å². The van der Waals surface area contributed by atoms with Gasteiger partial charge >= 0.3 is 0 Å². The zero-order valence-corrected chi connectivity index (χ0v) is 15.7. The minimum Gasteiger partial charge on any atom is -0.454 e. The van der Waals surface area contributed by atoms with E-state index in [1.165, 1.54) is 11.8 Å². The normalized spacial score (nSPS) is 11.9.